The molecule has 2 heterocycles. The molecule has 1 aliphatic heterocycles. The van der Waals surface area contributed by atoms with E-state index >= 15 is 0 Å². The van der Waals surface area contributed by atoms with Gasteiger partial charge in [-0.3, -0.25) is 0 Å². The van der Waals surface area contributed by atoms with Crippen LogP contribution in [0.2, 0.25) is 0 Å². The molecule has 0 atom stereocenters. The molecule has 114 valence electrons. The van der Waals surface area contributed by atoms with Gasteiger partial charge in [0, 0.05) is 19.0 Å². The Morgan fingerprint density at radius 1 is 1.40 bits per heavy atom. The van der Waals surface area contributed by atoms with E-state index in [1.165, 1.54) is 12.8 Å². The smallest absolute Gasteiger partial charge is 0.191 e. The molecule has 2 N–H and O–H groups in total. The summed E-state index contributed by atoms with van der Waals surface area (Å²) in [4.78, 5) is 6.62. The lowest BCUT2D eigenvalue weighted by Gasteiger charge is -2.30. The topological polar surface area (TPSA) is 67.4 Å². The van der Waals surface area contributed by atoms with Gasteiger partial charge in [0.1, 0.15) is 10.0 Å². The molecule has 20 heavy (non-hydrogen) atoms. The van der Waals surface area contributed by atoms with Crippen molar-refractivity contribution in [3.63, 3.8) is 0 Å². The Bertz CT molecular complexity index is 438. The lowest BCUT2D eigenvalue weighted by Crippen LogP contribution is -2.42. The van der Waals surface area contributed by atoms with Gasteiger partial charge in [0.25, 0.3) is 0 Å². The van der Waals surface area contributed by atoms with Crippen molar-refractivity contribution in [1.82, 2.24) is 15.1 Å². The third-order valence-electron chi connectivity index (χ3n) is 3.46. The van der Waals surface area contributed by atoms with Crippen LogP contribution in [0.5, 0.6) is 0 Å². The highest BCUT2D eigenvalue weighted by atomic mass is 127. The van der Waals surface area contributed by atoms with Crippen LogP contribution >= 0.6 is 35.3 Å². The molecule has 0 unspecified atom stereocenters. The molecule has 7 heteroatoms. The molecule has 0 aromatic carbocycles. The zero-order chi connectivity index (χ0) is 13.8. The van der Waals surface area contributed by atoms with Crippen molar-refractivity contribution in [2.45, 2.75) is 46.1 Å². The SMILES string of the molecule is CC1CCN(C(N)=NCc2nnc(C(C)C)s2)CC1.I. The molecular weight excluding hydrogens is 385 g/mol. The maximum absolute atomic E-state index is 6.04. The van der Waals surface area contributed by atoms with Crippen molar-refractivity contribution in [2.75, 3.05) is 13.1 Å². The Labute approximate surface area is 142 Å². The molecule has 5 nitrogen and oxygen atoms in total. The van der Waals surface area contributed by atoms with Crippen molar-refractivity contribution < 1.29 is 0 Å². The summed E-state index contributed by atoms with van der Waals surface area (Å²) in [5.41, 5.74) is 6.04. The van der Waals surface area contributed by atoms with E-state index in [1.54, 1.807) is 11.3 Å². The number of guanidine groups is 1. The van der Waals surface area contributed by atoms with E-state index in [0.29, 0.717) is 18.4 Å². The van der Waals surface area contributed by atoms with Crippen molar-refractivity contribution in [3.8, 4) is 0 Å². The van der Waals surface area contributed by atoms with Crippen LogP contribution in [0.15, 0.2) is 4.99 Å². The molecule has 2 rings (SSSR count). The van der Waals surface area contributed by atoms with Crippen molar-refractivity contribution in [2.24, 2.45) is 16.6 Å². The normalized spacial score (nSPS) is 17.4. The maximum atomic E-state index is 6.04. The number of aliphatic imine (C=N–C) groups is 1. The zero-order valence-corrected chi connectivity index (χ0v) is 15.5. The van der Waals surface area contributed by atoms with E-state index in [0.717, 1.165) is 29.0 Å². The number of hydrogen-bond acceptors (Lipinski definition) is 4. The minimum absolute atomic E-state index is 0. The van der Waals surface area contributed by atoms with Crippen LogP contribution in [-0.2, 0) is 6.54 Å². The first-order valence-electron chi connectivity index (χ1n) is 6.93. The molecule has 0 aliphatic carbocycles. The molecule has 1 fully saturated rings. The summed E-state index contributed by atoms with van der Waals surface area (Å²) in [6, 6.07) is 0. The number of piperidine rings is 1. The Balaban J connectivity index is 0.00000200. The Hall–Kier alpha value is -0.440. The Kier molecular flexibility index (Phi) is 7.14. The van der Waals surface area contributed by atoms with Crippen LogP contribution in [0, 0.1) is 5.92 Å². The van der Waals surface area contributed by atoms with Gasteiger partial charge in [0.15, 0.2) is 5.96 Å². The standard InChI is InChI=1S/C13H23N5S.HI/c1-9(2)12-17-16-11(19-12)8-15-13(14)18-6-4-10(3)5-7-18;/h9-10H,4-8H2,1-3H3,(H2,14,15);1H. The predicted octanol–water partition coefficient (Wildman–Crippen LogP) is 2.83. The molecule has 0 amide bonds. The van der Waals surface area contributed by atoms with Crippen LogP contribution in [0.1, 0.15) is 49.5 Å². The second kappa shape index (κ2) is 8.11. The van der Waals surface area contributed by atoms with Crippen LogP contribution < -0.4 is 5.73 Å². The molecule has 1 aromatic heterocycles. The van der Waals surface area contributed by atoms with Crippen LogP contribution in [0.3, 0.4) is 0 Å². The highest BCUT2D eigenvalue weighted by Crippen LogP contribution is 2.20. The fourth-order valence-electron chi connectivity index (χ4n) is 2.05. The van der Waals surface area contributed by atoms with Gasteiger partial charge < -0.3 is 10.6 Å². The number of rotatable bonds is 3. The monoisotopic (exact) mass is 409 g/mol. The van der Waals surface area contributed by atoms with Gasteiger partial charge in [-0.05, 0) is 18.8 Å². The predicted molar refractivity (Wildman–Crippen MR) is 94.7 cm³/mol. The number of hydrogen-bond donors (Lipinski definition) is 1. The quantitative estimate of drug-likeness (QED) is 0.474. The molecule has 0 saturated carbocycles. The summed E-state index contributed by atoms with van der Waals surface area (Å²) in [6.07, 6.45) is 2.40. The molecule has 1 saturated heterocycles. The Morgan fingerprint density at radius 3 is 2.60 bits per heavy atom. The van der Waals surface area contributed by atoms with Gasteiger partial charge in [0.05, 0.1) is 6.54 Å². The van der Waals surface area contributed by atoms with Crippen molar-refractivity contribution in [1.29, 1.82) is 0 Å². The molecule has 0 radical (unpaired) electrons. The molecular formula is C13H24IN5S. The molecule has 0 spiro atoms. The summed E-state index contributed by atoms with van der Waals surface area (Å²) < 4.78 is 0. The van der Waals surface area contributed by atoms with E-state index < -0.39 is 0 Å². The second-order valence-electron chi connectivity index (χ2n) is 5.53. The van der Waals surface area contributed by atoms with Gasteiger partial charge in [-0.15, -0.1) is 34.2 Å². The highest BCUT2D eigenvalue weighted by molar-refractivity contribution is 14.0. The number of nitrogens with two attached hydrogens (primary N) is 1. The van der Waals surface area contributed by atoms with Gasteiger partial charge in [-0.25, -0.2) is 4.99 Å². The van der Waals surface area contributed by atoms with Gasteiger partial charge >= 0.3 is 0 Å². The van der Waals surface area contributed by atoms with E-state index in [1.807, 2.05) is 0 Å². The first-order chi connectivity index (χ1) is 9.06. The van der Waals surface area contributed by atoms with Crippen LogP contribution in [-0.4, -0.2) is 34.1 Å². The van der Waals surface area contributed by atoms with Gasteiger partial charge in [-0.2, -0.15) is 0 Å². The van der Waals surface area contributed by atoms with Gasteiger partial charge in [0.2, 0.25) is 0 Å². The van der Waals surface area contributed by atoms with Crippen LogP contribution in [0.25, 0.3) is 0 Å². The summed E-state index contributed by atoms with van der Waals surface area (Å²) >= 11 is 1.63. The molecule has 1 aromatic rings. The summed E-state index contributed by atoms with van der Waals surface area (Å²) in [6.45, 7) is 9.11. The largest absolute Gasteiger partial charge is 0.370 e. The summed E-state index contributed by atoms with van der Waals surface area (Å²) in [7, 11) is 0. The minimum atomic E-state index is 0. The van der Waals surface area contributed by atoms with Crippen molar-refractivity contribution in [3.05, 3.63) is 10.0 Å². The lowest BCUT2D eigenvalue weighted by molar-refractivity contribution is 0.277. The Morgan fingerprint density at radius 2 is 2.05 bits per heavy atom. The fraction of sp³-hybridized carbons (Fsp3) is 0.769. The van der Waals surface area contributed by atoms with E-state index in [4.69, 9.17) is 5.73 Å². The van der Waals surface area contributed by atoms with E-state index in [2.05, 4.69) is 40.9 Å². The van der Waals surface area contributed by atoms with Crippen LogP contribution in [0.4, 0.5) is 0 Å². The number of likely N-dealkylation sites (tertiary alicyclic amines) is 1. The maximum Gasteiger partial charge on any atom is 0.191 e. The van der Waals surface area contributed by atoms with Crippen molar-refractivity contribution >= 4 is 41.3 Å². The number of nitrogens with zero attached hydrogens (tertiary/aromatic N) is 4. The average Bonchev–Trinajstić information content (AvgIpc) is 2.86. The first-order valence-corrected chi connectivity index (χ1v) is 7.75. The molecule has 1 aliphatic rings. The molecule has 0 bridgehead atoms. The zero-order valence-electron chi connectivity index (χ0n) is 12.4. The lowest BCUT2D eigenvalue weighted by atomic mass is 10.00. The van der Waals surface area contributed by atoms with E-state index in [-0.39, 0.29) is 24.0 Å². The minimum Gasteiger partial charge on any atom is -0.370 e. The highest BCUT2D eigenvalue weighted by Gasteiger charge is 2.17. The number of aromatic nitrogens is 2. The number of halogens is 1. The first kappa shape index (κ1) is 17.6. The van der Waals surface area contributed by atoms with Gasteiger partial charge in [-0.1, -0.05) is 32.1 Å². The third kappa shape index (κ3) is 4.83. The van der Waals surface area contributed by atoms with E-state index in [9.17, 15) is 0 Å². The summed E-state index contributed by atoms with van der Waals surface area (Å²) in [5, 5.41) is 10.3. The second-order valence-corrected chi connectivity index (χ2v) is 6.63. The third-order valence-corrected chi connectivity index (χ3v) is 4.67. The fourth-order valence-corrected chi connectivity index (χ4v) is 2.82. The summed E-state index contributed by atoms with van der Waals surface area (Å²) in [5.74, 6) is 1.88. The average molecular weight is 409 g/mol.